The van der Waals surface area contributed by atoms with Gasteiger partial charge in [0, 0.05) is 25.7 Å². The Morgan fingerprint density at radius 3 is 2.60 bits per heavy atom. The molecule has 0 saturated heterocycles. The fourth-order valence-electron chi connectivity index (χ4n) is 2.90. The van der Waals surface area contributed by atoms with Gasteiger partial charge in [-0.15, -0.1) is 0 Å². The fraction of sp³-hybridized carbons (Fsp3) is 0.300. The van der Waals surface area contributed by atoms with Gasteiger partial charge in [0.2, 0.25) is 5.91 Å². The second-order valence-corrected chi connectivity index (χ2v) is 6.24. The summed E-state index contributed by atoms with van der Waals surface area (Å²) in [5, 5.41) is 2.89. The minimum absolute atomic E-state index is 0.0740. The summed E-state index contributed by atoms with van der Waals surface area (Å²) in [5.74, 6) is 0.528. The minimum atomic E-state index is -0.604. The van der Waals surface area contributed by atoms with Gasteiger partial charge in [-0.1, -0.05) is 24.3 Å². The molecule has 0 bridgehead atoms. The van der Waals surface area contributed by atoms with Gasteiger partial charge in [-0.25, -0.2) is 0 Å². The van der Waals surface area contributed by atoms with E-state index in [-0.39, 0.29) is 11.8 Å². The summed E-state index contributed by atoms with van der Waals surface area (Å²) in [6, 6.07) is 15.1. The monoisotopic (exact) mass is 338 g/mol. The number of fused-ring (bicyclic) bond motifs is 1. The normalized spacial score (nSPS) is 14.4. The molecule has 3 rings (SSSR count). The Bertz CT molecular complexity index is 774. The molecule has 0 radical (unpaired) electrons. The molecule has 0 aliphatic carbocycles. The molecule has 5 heteroatoms. The maximum absolute atomic E-state index is 12.4. The van der Waals surface area contributed by atoms with Crippen molar-refractivity contribution in [2.45, 2.75) is 32.9 Å². The molecule has 0 saturated carbocycles. The molecule has 0 fully saturated rings. The van der Waals surface area contributed by atoms with E-state index in [0.29, 0.717) is 12.3 Å². The quantitative estimate of drug-likeness (QED) is 0.932. The van der Waals surface area contributed by atoms with Crippen LogP contribution in [-0.4, -0.2) is 29.4 Å². The third-order valence-corrected chi connectivity index (χ3v) is 4.36. The van der Waals surface area contributed by atoms with Crippen LogP contribution in [0.4, 0.5) is 5.69 Å². The number of ether oxygens (including phenoxy) is 1. The van der Waals surface area contributed by atoms with E-state index in [9.17, 15) is 9.59 Å². The molecule has 1 aliphatic rings. The number of nitrogens with one attached hydrogen (secondary N) is 1. The van der Waals surface area contributed by atoms with Crippen molar-refractivity contribution in [2.24, 2.45) is 0 Å². The molecule has 2 aromatic carbocycles. The number of rotatable bonds is 4. The Morgan fingerprint density at radius 1 is 1.12 bits per heavy atom. The first-order chi connectivity index (χ1) is 12.0. The van der Waals surface area contributed by atoms with Gasteiger partial charge in [0.1, 0.15) is 5.75 Å². The SMILES string of the molecule is CC(=O)N1CCc2ccc(NC(=O)C(C)Oc3ccccc3)cc2C1. The average molecular weight is 338 g/mol. The van der Waals surface area contributed by atoms with E-state index >= 15 is 0 Å². The third-order valence-electron chi connectivity index (χ3n) is 4.36. The number of nitrogens with zero attached hydrogens (tertiary/aromatic N) is 1. The van der Waals surface area contributed by atoms with Crippen molar-refractivity contribution in [2.75, 3.05) is 11.9 Å². The maximum Gasteiger partial charge on any atom is 0.265 e. The van der Waals surface area contributed by atoms with Gasteiger partial charge in [0.25, 0.3) is 5.91 Å². The van der Waals surface area contributed by atoms with Gasteiger partial charge in [0.05, 0.1) is 0 Å². The fourth-order valence-corrected chi connectivity index (χ4v) is 2.90. The van der Waals surface area contributed by atoms with Gasteiger partial charge in [-0.05, 0) is 48.7 Å². The van der Waals surface area contributed by atoms with E-state index in [2.05, 4.69) is 5.32 Å². The molecule has 1 aliphatic heterocycles. The van der Waals surface area contributed by atoms with Crippen LogP contribution in [0.15, 0.2) is 48.5 Å². The van der Waals surface area contributed by atoms with Crippen molar-refractivity contribution in [1.82, 2.24) is 4.90 Å². The van der Waals surface area contributed by atoms with Crippen molar-refractivity contribution in [1.29, 1.82) is 0 Å². The Labute approximate surface area is 147 Å². The highest BCUT2D eigenvalue weighted by Gasteiger charge is 2.20. The molecular formula is C20H22N2O3. The lowest BCUT2D eigenvalue weighted by Gasteiger charge is -2.28. The van der Waals surface area contributed by atoms with Gasteiger partial charge < -0.3 is 15.0 Å². The molecular weight excluding hydrogens is 316 g/mol. The van der Waals surface area contributed by atoms with Gasteiger partial charge in [-0.3, -0.25) is 9.59 Å². The van der Waals surface area contributed by atoms with E-state index in [1.54, 1.807) is 13.8 Å². The van der Waals surface area contributed by atoms with Crippen molar-refractivity contribution < 1.29 is 14.3 Å². The summed E-state index contributed by atoms with van der Waals surface area (Å²) < 4.78 is 5.64. The molecule has 1 atom stereocenters. The molecule has 5 nitrogen and oxygen atoms in total. The first-order valence-electron chi connectivity index (χ1n) is 8.43. The minimum Gasteiger partial charge on any atom is -0.481 e. The highest BCUT2D eigenvalue weighted by Crippen LogP contribution is 2.23. The van der Waals surface area contributed by atoms with Crippen LogP contribution in [0.25, 0.3) is 0 Å². The summed E-state index contributed by atoms with van der Waals surface area (Å²) in [5.41, 5.74) is 3.03. The number of carbonyl (C=O) groups is 2. The molecule has 0 aromatic heterocycles. The Kier molecular flexibility index (Phi) is 5.03. The number of carbonyl (C=O) groups excluding carboxylic acids is 2. The zero-order valence-corrected chi connectivity index (χ0v) is 14.5. The summed E-state index contributed by atoms with van der Waals surface area (Å²) in [7, 11) is 0. The number of hydrogen-bond donors (Lipinski definition) is 1. The highest BCUT2D eigenvalue weighted by molar-refractivity contribution is 5.94. The summed E-state index contributed by atoms with van der Waals surface area (Å²) in [6.07, 6.45) is 0.239. The Hall–Kier alpha value is -2.82. The van der Waals surface area contributed by atoms with E-state index in [1.807, 2.05) is 53.4 Å². The van der Waals surface area contributed by atoms with Crippen molar-refractivity contribution in [3.05, 3.63) is 59.7 Å². The Morgan fingerprint density at radius 2 is 1.88 bits per heavy atom. The Balaban J connectivity index is 1.65. The van der Waals surface area contributed by atoms with Crippen LogP contribution in [0.2, 0.25) is 0 Å². The predicted molar refractivity (Wildman–Crippen MR) is 96.4 cm³/mol. The van der Waals surface area contributed by atoms with Crippen molar-refractivity contribution >= 4 is 17.5 Å². The maximum atomic E-state index is 12.4. The number of benzene rings is 2. The van der Waals surface area contributed by atoms with E-state index in [0.717, 1.165) is 24.2 Å². The van der Waals surface area contributed by atoms with Crippen molar-refractivity contribution in [3.8, 4) is 5.75 Å². The standard InChI is InChI=1S/C20H22N2O3/c1-14(25-19-6-4-3-5-7-19)20(24)21-18-9-8-16-10-11-22(15(2)23)13-17(16)12-18/h3-9,12,14H,10-11,13H2,1-2H3,(H,21,24). The van der Waals surface area contributed by atoms with Gasteiger partial charge >= 0.3 is 0 Å². The van der Waals surface area contributed by atoms with Crippen LogP contribution in [0, 0.1) is 0 Å². The zero-order chi connectivity index (χ0) is 17.8. The first-order valence-corrected chi connectivity index (χ1v) is 8.43. The molecule has 1 N–H and O–H groups in total. The topological polar surface area (TPSA) is 58.6 Å². The average Bonchev–Trinajstić information content (AvgIpc) is 2.61. The largest absolute Gasteiger partial charge is 0.481 e. The van der Waals surface area contributed by atoms with Crippen LogP contribution in [-0.2, 0) is 22.6 Å². The van der Waals surface area contributed by atoms with Crippen LogP contribution in [0.3, 0.4) is 0 Å². The van der Waals surface area contributed by atoms with E-state index in [4.69, 9.17) is 4.74 Å². The second-order valence-electron chi connectivity index (χ2n) is 6.24. The molecule has 1 heterocycles. The van der Waals surface area contributed by atoms with Crippen LogP contribution >= 0.6 is 0 Å². The molecule has 2 amide bonds. The van der Waals surface area contributed by atoms with Crippen molar-refractivity contribution in [3.63, 3.8) is 0 Å². The number of anilines is 1. The zero-order valence-electron chi connectivity index (χ0n) is 14.5. The number of amides is 2. The smallest absolute Gasteiger partial charge is 0.265 e. The molecule has 1 unspecified atom stereocenters. The van der Waals surface area contributed by atoms with E-state index < -0.39 is 6.10 Å². The summed E-state index contributed by atoms with van der Waals surface area (Å²) >= 11 is 0. The third kappa shape index (κ3) is 4.18. The number of hydrogen-bond acceptors (Lipinski definition) is 3. The lowest BCUT2D eigenvalue weighted by molar-refractivity contribution is -0.129. The first kappa shape index (κ1) is 17.0. The van der Waals surface area contributed by atoms with Crippen LogP contribution < -0.4 is 10.1 Å². The van der Waals surface area contributed by atoms with Gasteiger partial charge in [0.15, 0.2) is 6.10 Å². The lowest BCUT2D eigenvalue weighted by atomic mass is 9.99. The van der Waals surface area contributed by atoms with Crippen LogP contribution in [0.1, 0.15) is 25.0 Å². The van der Waals surface area contributed by atoms with E-state index in [1.165, 1.54) is 5.56 Å². The summed E-state index contributed by atoms with van der Waals surface area (Å²) in [6.45, 7) is 4.64. The number of para-hydroxylation sites is 1. The second kappa shape index (κ2) is 7.38. The predicted octanol–water partition coefficient (Wildman–Crippen LogP) is 3.00. The molecule has 2 aromatic rings. The molecule has 0 spiro atoms. The summed E-state index contributed by atoms with van der Waals surface area (Å²) in [4.78, 5) is 25.7. The van der Waals surface area contributed by atoms with Crippen LogP contribution in [0.5, 0.6) is 5.75 Å². The molecule has 130 valence electrons. The lowest BCUT2D eigenvalue weighted by Crippen LogP contribution is -2.34. The van der Waals surface area contributed by atoms with Gasteiger partial charge in [-0.2, -0.15) is 0 Å². The highest BCUT2D eigenvalue weighted by atomic mass is 16.5. The molecule has 25 heavy (non-hydrogen) atoms.